The number of methoxy groups -OCH3 is 1. The van der Waals surface area contributed by atoms with E-state index in [1.807, 2.05) is 23.1 Å². The molecular weight excluding hydrogens is 404 g/mol. The summed E-state index contributed by atoms with van der Waals surface area (Å²) in [7, 11) is 1.68. The van der Waals surface area contributed by atoms with E-state index in [4.69, 9.17) is 4.74 Å². The van der Waals surface area contributed by atoms with Gasteiger partial charge >= 0.3 is 0 Å². The summed E-state index contributed by atoms with van der Waals surface area (Å²) in [6.45, 7) is 3.17. The SMILES string of the molecule is COc1cccc(CNc2ccc(C3c4ccsc4CCN3C(C)=O)cc2)c1.Cl. The van der Waals surface area contributed by atoms with Crippen LogP contribution in [0.25, 0.3) is 0 Å². The molecule has 2 aromatic carbocycles. The molecule has 0 aliphatic carbocycles. The second kappa shape index (κ2) is 9.33. The summed E-state index contributed by atoms with van der Waals surface area (Å²) in [6.07, 6.45) is 0.948. The van der Waals surface area contributed by atoms with E-state index in [-0.39, 0.29) is 24.4 Å². The number of hydrogen-bond acceptors (Lipinski definition) is 4. The number of halogens is 1. The minimum Gasteiger partial charge on any atom is -0.497 e. The van der Waals surface area contributed by atoms with Gasteiger partial charge in [-0.3, -0.25) is 4.79 Å². The van der Waals surface area contributed by atoms with Crippen molar-refractivity contribution in [2.45, 2.75) is 25.9 Å². The van der Waals surface area contributed by atoms with Crippen LogP contribution in [0.4, 0.5) is 5.69 Å². The highest BCUT2D eigenvalue weighted by Gasteiger charge is 2.31. The molecule has 0 saturated carbocycles. The molecule has 1 aliphatic rings. The van der Waals surface area contributed by atoms with Crippen LogP contribution in [0.5, 0.6) is 5.75 Å². The first-order valence-corrected chi connectivity index (χ1v) is 10.3. The van der Waals surface area contributed by atoms with E-state index in [1.165, 1.54) is 16.0 Å². The van der Waals surface area contributed by atoms with Crippen molar-refractivity contribution >= 4 is 35.3 Å². The summed E-state index contributed by atoms with van der Waals surface area (Å²) in [5.74, 6) is 0.991. The van der Waals surface area contributed by atoms with E-state index in [2.05, 4.69) is 47.1 Å². The highest BCUT2D eigenvalue weighted by atomic mass is 35.5. The van der Waals surface area contributed by atoms with Crippen molar-refractivity contribution in [2.24, 2.45) is 0 Å². The quantitative estimate of drug-likeness (QED) is 0.600. The first-order valence-electron chi connectivity index (χ1n) is 9.46. The molecule has 4 rings (SSSR count). The minimum absolute atomic E-state index is 0. The molecule has 29 heavy (non-hydrogen) atoms. The van der Waals surface area contributed by atoms with Gasteiger partial charge in [-0.2, -0.15) is 0 Å². The largest absolute Gasteiger partial charge is 0.497 e. The number of thiophene rings is 1. The van der Waals surface area contributed by atoms with Crippen LogP contribution in [0, 0.1) is 0 Å². The summed E-state index contributed by atoms with van der Waals surface area (Å²) >= 11 is 1.79. The lowest BCUT2D eigenvalue weighted by Gasteiger charge is -2.35. The summed E-state index contributed by atoms with van der Waals surface area (Å²) < 4.78 is 5.28. The molecule has 0 radical (unpaired) electrons. The molecular formula is C23H25ClN2O2S. The minimum atomic E-state index is 0. The number of carbonyl (C=O) groups excluding carboxylic acids is 1. The number of anilines is 1. The standard InChI is InChI=1S/C23H24N2O2S.ClH/c1-16(26)25-12-10-22-21(11-13-28-22)23(25)18-6-8-19(9-7-18)24-15-17-4-3-5-20(14-17)27-2;/h3-9,11,13-14,23-24H,10,12,15H2,1-2H3;1H. The van der Waals surface area contributed by atoms with Crippen molar-refractivity contribution in [3.05, 3.63) is 81.5 Å². The fraction of sp³-hybridized carbons (Fsp3) is 0.261. The number of benzene rings is 2. The maximum Gasteiger partial charge on any atom is 0.220 e. The third-order valence-electron chi connectivity index (χ3n) is 5.23. The van der Waals surface area contributed by atoms with E-state index in [0.29, 0.717) is 0 Å². The predicted octanol–water partition coefficient (Wildman–Crippen LogP) is 5.28. The van der Waals surface area contributed by atoms with Crippen molar-refractivity contribution in [3.8, 4) is 5.75 Å². The third kappa shape index (κ3) is 4.57. The van der Waals surface area contributed by atoms with Gasteiger partial charge in [0.2, 0.25) is 5.91 Å². The summed E-state index contributed by atoms with van der Waals surface area (Å²) in [5, 5.41) is 5.59. The van der Waals surface area contributed by atoms with E-state index < -0.39 is 0 Å². The summed E-state index contributed by atoms with van der Waals surface area (Å²) in [5.41, 5.74) is 4.65. The molecule has 0 fully saturated rings. The van der Waals surface area contributed by atoms with Crippen LogP contribution in [0.15, 0.2) is 60.0 Å². The number of carbonyl (C=O) groups is 1. The third-order valence-corrected chi connectivity index (χ3v) is 6.22. The number of rotatable bonds is 5. The Bertz CT molecular complexity index is 971. The van der Waals surface area contributed by atoms with E-state index in [0.717, 1.165) is 36.5 Å². The molecule has 1 aromatic heterocycles. The Balaban J connectivity index is 0.00000240. The number of nitrogens with one attached hydrogen (secondary N) is 1. The monoisotopic (exact) mass is 428 g/mol. The van der Waals surface area contributed by atoms with Crippen LogP contribution >= 0.6 is 23.7 Å². The van der Waals surface area contributed by atoms with Crippen LogP contribution < -0.4 is 10.1 Å². The van der Waals surface area contributed by atoms with Crippen LogP contribution in [-0.4, -0.2) is 24.5 Å². The average molecular weight is 429 g/mol. The van der Waals surface area contributed by atoms with Gasteiger partial charge in [0.05, 0.1) is 13.2 Å². The molecule has 1 unspecified atom stereocenters. The van der Waals surface area contributed by atoms with Crippen molar-refractivity contribution in [2.75, 3.05) is 19.0 Å². The Morgan fingerprint density at radius 2 is 2.00 bits per heavy atom. The summed E-state index contributed by atoms with van der Waals surface area (Å²) in [4.78, 5) is 15.6. The van der Waals surface area contributed by atoms with Crippen LogP contribution in [0.1, 0.15) is 34.5 Å². The van der Waals surface area contributed by atoms with Crippen LogP contribution in [0.3, 0.4) is 0 Å². The first kappa shape index (κ1) is 21.2. The topological polar surface area (TPSA) is 41.6 Å². The van der Waals surface area contributed by atoms with Gasteiger partial charge in [0, 0.05) is 30.6 Å². The fourth-order valence-corrected chi connectivity index (χ4v) is 4.69. The molecule has 1 amide bonds. The molecule has 1 atom stereocenters. The smallest absolute Gasteiger partial charge is 0.220 e. The van der Waals surface area contributed by atoms with Gasteiger partial charge in [-0.15, -0.1) is 23.7 Å². The molecule has 0 bridgehead atoms. The Labute approximate surface area is 181 Å². The van der Waals surface area contributed by atoms with Crippen molar-refractivity contribution in [3.63, 3.8) is 0 Å². The van der Waals surface area contributed by atoms with E-state index >= 15 is 0 Å². The average Bonchev–Trinajstić information content (AvgIpc) is 3.21. The molecule has 152 valence electrons. The van der Waals surface area contributed by atoms with E-state index in [1.54, 1.807) is 25.4 Å². The Hall–Kier alpha value is -2.50. The lowest BCUT2D eigenvalue weighted by molar-refractivity contribution is -0.130. The fourth-order valence-electron chi connectivity index (χ4n) is 3.78. The van der Waals surface area contributed by atoms with Gasteiger partial charge in [0.1, 0.15) is 5.75 Å². The molecule has 1 aliphatic heterocycles. The zero-order chi connectivity index (χ0) is 19.5. The van der Waals surface area contributed by atoms with Gasteiger partial charge in [-0.1, -0.05) is 24.3 Å². The zero-order valence-corrected chi connectivity index (χ0v) is 18.2. The first-order chi connectivity index (χ1) is 13.7. The van der Waals surface area contributed by atoms with Gasteiger partial charge < -0.3 is 15.0 Å². The predicted molar refractivity (Wildman–Crippen MR) is 121 cm³/mol. The zero-order valence-electron chi connectivity index (χ0n) is 16.6. The number of amides is 1. The number of hydrogen-bond donors (Lipinski definition) is 1. The normalized spacial score (nSPS) is 15.2. The van der Waals surface area contributed by atoms with Gasteiger partial charge in [0.15, 0.2) is 0 Å². The Morgan fingerprint density at radius 1 is 1.21 bits per heavy atom. The summed E-state index contributed by atoms with van der Waals surface area (Å²) in [6, 6.07) is 18.7. The van der Waals surface area contributed by atoms with Gasteiger partial charge in [0.25, 0.3) is 0 Å². The van der Waals surface area contributed by atoms with Crippen LogP contribution in [0.2, 0.25) is 0 Å². The van der Waals surface area contributed by atoms with Crippen molar-refractivity contribution < 1.29 is 9.53 Å². The lowest BCUT2D eigenvalue weighted by atomic mass is 9.93. The van der Waals surface area contributed by atoms with Crippen molar-refractivity contribution in [1.82, 2.24) is 4.90 Å². The second-order valence-electron chi connectivity index (χ2n) is 6.99. The second-order valence-corrected chi connectivity index (χ2v) is 7.99. The molecule has 3 aromatic rings. The number of ether oxygens (including phenoxy) is 1. The maximum absolute atomic E-state index is 12.2. The number of fused-ring (bicyclic) bond motifs is 1. The molecule has 2 heterocycles. The van der Waals surface area contributed by atoms with Gasteiger partial charge in [-0.25, -0.2) is 0 Å². The Morgan fingerprint density at radius 3 is 2.72 bits per heavy atom. The van der Waals surface area contributed by atoms with E-state index in [9.17, 15) is 4.79 Å². The highest BCUT2D eigenvalue weighted by molar-refractivity contribution is 7.10. The van der Waals surface area contributed by atoms with Crippen molar-refractivity contribution in [1.29, 1.82) is 0 Å². The Kier molecular flexibility index (Phi) is 6.83. The number of nitrogens with zero attached hydrogens (tertiary/aromatic N) is 1. The molecule has 0 saturated heterocycles. The maximum atomic E-state index is 12.2. The molecule has 0 spiro atoms. The highest BCUT2D eigenvalue weighted by Crippen LogP contribution is 2.38. The molecule has 4 nitrogen and oxygen atoms in total. The molecule has 1 N–H and O–H groups in total. The molecule has 6 heteroatoms. The lowest BCUT2D eigenvalue weighted by Crippen LogP contribution is -2.38. The van der Waals surface area contributed by atoms with Gasteiger partial charge in [-0.05, 0) is 58.8 Å². The van der Waals surface area contributed by atoms with Crippen LogP contribution in [-0.2, 0) is 17.8 Å².